The van der Waals surface area contributed by atoms with E-state index in [-0.39, 0.29) is 18.4 Å². The Balaban J connectivity index is 2.44. The number of carbonyl (C=O) groups excluding carboxylic acids is 2. The highest BCUT2D eigenvalue weighted by Crippen LogP contribution is 2.07. The summed E-state index contributed by atoms with van der Waals surface area (Å²) in [7, 11) is 1.59. The molecule has 0 spiro atoms. The Hall–Kier alpha value is -1.89. The molecular weight excluding hydrogens is 250 g/mol. The van der Waals surface area contributed by atoms with Crippen LogP contribution < -0.4 is 5.32 Å². The van der Waals surface area contributed by atoms with Crippen molar-refractivity contribution in [3.63, 3.8) is 0 Å². The zero-order valence-electron chi connectivity index (χ0n) is 11.4. The van der Waals surface area contributed by atoms with Crippen molar-refractivity contribution in [1.82, 2.24) is 10.1 Å². The molecule has 2 amide bonds. The summed E-state index contributed by atoms with van der Waals surface area (Å²) in [5, 5.41) is 6.22. The van der Waals surface area contributed by atoms with Gasteiger partial charge < -0.3 is 19.5 Å². The highest BCUT2D eigenvalue weighted by molar-refractivity contribution is 5.93. The van der Waals surface area contributed by atoms with E-state index in [1.54, 1.807) is 20.1 Å². The summed E-state index contributed by atoms with van der Waals surface area (Å²) in [6.07, 6.45) is 0.687. The third-order valence-corrected chi connectivity index (χ3v) is 2.45. The molecule has 0 radical (unpaired) electrons. The number of ether oxygens (including phenoxy) is 1. The van der Waals surface area contributed by atoms with E-state index in [0.29, 0.717) is 31.2 Å². The van der Waals surface area contributed by atoms with Gasteiger partial charge in [0.15, 0.2) is 5.82 Å². The number of nitrogens with one attached hydrogen (secondary N) is 1. The van der Waals surface area contributed by atoms with Crippen LogP contribution in [0.15, 0.2) is 10.6 Å². The lowest BCUT2D eigenvalue weighted by Crippen LogP contribution is -2.37. The molecular formula is C12H19N3O4. The lowest BCUT2D eigenvalue weighted by atomic mass is 10.3. The van der Waals surface area contributed by atoms with Crippen LogP contribution >= 0.6 is 0 Å². The van der Waals surface area contributed by atoms with E-state index in [2.05, 4.69) is 10.5 Å². The van der Waals surface area contributed by atoms with Crippen LogP contribution in [0, 0.1) is 6.92 Å². The molecule has 0 fully saturated rings. The van der Waals surface area contributed by atoms with Crippen molar-refractivity contribution in [3.8, 4) is 0 Å². The average Bonchev–Trinajstić information content (AvgIpc) is 2.73. The zero-order valence-corrected chi connectivity index (χ0v) is 11.4. The highest BCUT2D eigenvalue weighted by Gasteiger charge is 2.14. The number of nitrogens with zero attached hydrogens (tertiary/aromatic N) is 2. The van der Waals surface area contributed by atoms with Crippen LogP contribution in [0.5, 0.6) is 0 Å². The van der Waals surface area contributed by atoms with Gasteiger partial charge >= 0.3 is 0 Å². The molecule has 1 aromatic rings. The van der Waals surface area contributed by atoms with Gasteiger partial charge in [-0.05, 0) is 13.3 Å². The predicted molar refractivity (Wildman–Crippen MR) is 68.6 cm³/mol. The van der Waals surface area contributed by atoms with Gasteiger partial charge in [-0.25, -0.2) is 0 Å². The van der Waals surface area contributed by atoms with Crippen molar-refractivity contribution in [2.75, 3.05) is 32.1 Å². The molecule has 7 nitrogen and oxygen atoms in total. The molecule has 106 valence electrons. The lowest BCUT2D eigenvalue weighted by molar-refractivity contribution is -0.132. The van der Waals surface area contributed by atoms with Gasteiger partial charge in [0, 0.05) is 33.3 Å². The molecule has 0 aliphatic carbocycles. The molecule has 0 aromatic carbocycles. The summed E-state index contributed by atoms with van der Waals surface area (Å²) in [4.78, 5) is 24.6. The Bertz CT molecular complexity index is 430. The van der Waals surface area contributed by atoms with E-state index in [4.69, 9.17) is 9.26 Å². The molecule has 0 aliphatic rings. The number of rotatable bonds is 7. The van der Waals surface area contributed by atoms with Crippen molar-refractivity contribution < 1.29 is 18.8 Å². The van der Waals surface area contributed by atoms with Crippen LogP contribution in [-0.2, 0) is 14.3 Å². The number of carbonyl (C=O) groups is 2. The SMILES string of the molecule is COCCCN(CC(=O)Nc1cc(C)on1)C(C)=O. The molecule has 19 heavy (non-hydrogen) atoms. The maximum absolute atomic E-state index is 11.8. The fourth-order valence-corrected chi connectivity index (χ4v) is 1.53. The first-order chi connectivity index (χ1) is 9.02. The molecule has 0 bridgehead atoms. The average molecular weight is 269 g/mol. The van der Waals surface area contributed by atoms with E-state index in [1.165, 1.54) is 11.8 Å². The second-order valence-electron chi connectivity index (χ2n) is 4.16. The Morgan fingerprint density at radius 2 is 2.26 bits per heavy atom. The Morgan fingerprint density at radius 3 is 2.79 bits per heavy atom. The minimum absolute atomic E-state index is 0.00897. The number of aromatic nitrogens is 1. The molecule has 0 saturated heterocycles. The molecule has 0 atom stereocenters. The highest BCUT2D eigenvalue weighted by atomic mass is 16.5. The maximum atomic E-state index is 11.8. The van der Waals surface area contributed by atoms with Crippen LogP contribution in [-0.4, -0.2) is 48.7 Å². The van der Waals surface area contributed by atoms with E-state index in [1.807, 2.05) is 0 Å². The van der Waals surface area contributed by atoms with Gasteiger partial charge in [-0.1, -0.05) is 5.16 Å². The first kappa shape index (κ1) is 15.2. The summed E-state index contributed by atoms with van der Waals surface area (Å²) in [5.41, 5.74) is 0. The van der Waals surface area contributed by atoms with Crippen LogP contribution in [0.3, 0.4) is 0 Å². The summed E-state index contributed by atoms with van der Waals surface area (Å²) in [6.45, 7) is 4.18. The second-order valence-corrected chi connectivity index (χ2v) is 4.16. The van der Waals surface area contributed by atoms with Gasteiger partial charge in [-0.2, -0.15) is 0 Å². The lowest BCUT2D eigenvalue weighted by Gasteiger charge is -2.19. The number of amides is 2. The van der Waals surface area contributed by atoms with E-state index < -0.39 is 0 Å². The normalized spacial score (nSPS) is 10.3. The monoisotopic (exact) mass is 269 g/mol. The molecule has 1 heterocycles. The molecule has 1 aromatic heterocycles. The molecule has 1 N–H and O–H groups in total. The number of anilines is 1. The molecule has 0 saturated carbocycles. The Kier molecular flexibility index (Phi) is 6.01. The number of hydrogen-bond donors (Lipinski definition) is 1. The maximum Gasteiger partial charge on any atom is 0.245 e. The summed E-state index contributed by atoms with van der Waals surface area (Å²) in [5.74, 6) is 0.505. The number of hydrogen-bond acceptors (Lipinski definition) is 5. The fraction of sp³-hybridized carbons (Fsp3) is 0.583. The van der Waals surface area contributed by atoms with E-state index in [0.717, 1.165) is 0 Å². The van der Waals surface area contributed by atoms with Crippen LogP contribution in [0.1, 0.15) is 19.1 Å². The Morgan fingerprint density at radius 1 is 1.53 bits per heavy atom. The van der Waals surface area contributed by atoms with Crippen LogP contribution in [0.25, 0.3) is 0 Å². The number of methoxy groups -OCH3 is 1. The van der Waals surface area contributed by atoms with Gasteiger partial charge in [-0.3, -0.25) is 9.59 Å². The largest absolute Gasteiger partial charge is 0.385 e. The third kappa shape index (κ3) is 5.52. The quantitative estimate of drug-likeness (QED) is 0.740. The van der Waals surface area contributed by atoms with Gasteiger partial charge in [0.2, 0.25) is 11.8 Å². The summed E-state index contributed by atoms with van der Waals surface area (Å²) in [6, 6.07) is 1.61. The van der Waals surface area contributed by atoms with Crippen molar-refractivity contribution in [1.29, 1.82) is 0 Å². The first-order valence-electron chi connectivity index (χ1n) is 6.00. The first-order valence-corrected chi connectivity index (χ1v) is 6.00. The molecule has 7 heteroatoms. The van der Waals surface area contributed by atoms with Crippen molar-refractivity contribution >= 4 is 17.6 Å². The zero-order chi connectivity index (χ0) is 14.3. The Labute approximate surface area is 111 Å². The van der Waals surface area contributed by atoms with Gasteiger partial charge in [-0.15, -0.1) is 0 Å². The molecule has 0 unspecified atom stereocenters. The van der Waals surface area contributed by atoms with Gasteiger partial charge in [0.05, 0.1) is 6.54 Å². The van der Waals surface area contributed by atoms with Crippen molar-refractivity contribution in [3.05, 3.63) is 11.8 Å². The van der Waals surface area contributed by atoms with Gasteiger partial charge in [0.1, 0.15) is 5.76 Å². The molecule has 1 rings (SSSR count). The topological polar surface area (TPSA) is 84.7 Å². The predicted octanol–water partition coefficient (Wildman–Crippen LogP) is 0.807. The minimum Gasteiger partial charge on any atom is -0.385 e. The number of aryl methyl sites for hydroxylation is 1. The van der Waals surface area contributed by atoms with Crippen molar-refractivity contribution in [2.45, 2.75) is 20.3 Å². The standard InChI is InChI=1S/C12H19N3O4/c1-9-7-11(14-19-9)13-12(17)8-15(10(2)16)5-4-6-18-3/h7H,4-6,8H2,1-3H3,(H,13,14,17). The third-order valence-electron chi connectivity index (χ3n) is 2.45. The fourth-order valence-electron chi connectivity index (χ4n) is 1.53. The van der Waals surface area contributed by atoms with E-state index >= 15 is 0 Å². The van der Waals surface area contributed by atoms with Gasteiger partial charge in [0.25, 0.3) is 0 Å². The van der Waals surface area contributed by atoms with Crippen LogP contribution in [0.2, 0.25) is 0 Å². The smallest absolute Gasteiger partial charge is 0.245 e. The second kappa shape index (κ2) is 7.52. The van der Waals surface area contributed by atoms with Crippen LogP contribution in [0.4, 0.5) is 5.82 Å². The minimum atomic E-state index is -0.305. The summed E-state index contributed by atoms with van der Waals surface area (Å²) < 4.78 is 9.75. The molecule has 0 aliphatic heterocycles. The van der Waals surface area contributed by atoms with Crippen molar-refractivity contribution in [2.24, 2.45) is 0 Å². The summed E-state index contributed by atoms with van der Waals surface area (Å²) >= 11 is 0. The van der Waals surface area contributed by atoms with E-state index in [9.17, 15) is 9.59 Å².